The van der Waals surface area contributed by atoms with Gasteiger partial charge in [-0.15, -0.1) is 0 Å². The van der Waals surface area contributed by atoms with Crippen LogP contribution in [0.1, 0.15) is 43.5 Å². The monoisotopic (exact) mass is 290 g/mol. The summed E-state index contributed by atoms with van der Waals surface area (Å²) in [5.74, 6) is 1.07. The lowest BCUT2D eigenvalue weighted by Crippen LogP contribution is -2.49. The first-order valence-electron chi connectivity index (χ1n) is 7.65. The molecule has 4 heteroatoms. The highest BCUT2D eigenvalue weighted by Gasteiger charge is 2.36. The van der Waals surface area contributed by atoms with Crippen molar-refractivity contribution in [3.05, 3.63) is 23.0 Å². The molecule has 1 aromatic rings. The third kappa shape index (κ3) is 3.10. The lowest BCUT2D eigenvalue weighted by Gasteiger charge is -2.34. The SMILES string of the molecule is COc1c(C)cnc(CC(=O)C(C)(C)N2CCCC2)c1C. The van der Waals surface area contributed by atoms with Crippen molar-refractivity contribution in [3.63, 3.8) is 0 Å². The lowest BCUT2D eigenvalue weighted by atomic mass is 9.92. The lowest BCUT2D eigenvalue weighted by molar-refractivity contribution is -0.128. The van der Waals surface area contributed by atoms with E-state index in [1.807, 2.05) is 27.7 Å². The summed E-state index contributed by atoms with van der Waals surface area (Å²) in [7, 11) is 1.66. The van der Waals surface area contributed by atoms with Crippen LogP contribution in [0.15, 0.2) is 6.20 Å². The number of nitrogens with zero attached hydrogens (tertiary/aromatic N) is 2. The second-order valence-electron chi connectivity index (χ2n) is 6.40. The van der Waals surface area contributed by atoms with Crippen molar-refractivity contribution >= 4 is 5.78 Å². The van der Waals surface area contributed by atoms with Crippen LogP contribution in [0.2, 0.25) is 0 Å². The zero-order valence-electron chi connectivity index (χ0n) is 13.8. The normalized spacial score (nSPS) is 16.2. The van der Waals surface area contributed by atoms with E-state index in [9.17, 15) is 4.79 Å². The van der Waals surface area contributed by atoms with E-state index in [0.29, 0.717) is 6.42 Å². The number of rotatable bonds is 5. The minimum Gasteiger partial charge on any atom is -0.496 e. The second kappa shape index (κ2) is 6.14. The number of carbonyl (C=O) groups is 1. The quantitative estimate of drug-likeness (QED) is 0.836. The van der Waals surface area contributed by atoms with Gasteiger partial charge < -0.3 is 4.74 Å². The first-order chi connectivity index (χ1) is 9.87. The number of ketones is 1. The van der Waals surface area contributed by atoms with Gasteiger partial charge in [0, 0.05) is 17.3 Å². The number of ether oxygens (including phenoxy) is 1. The molecule has 1 aliphatic heterocycles. The summed E-state index contributed by atoms with van der Waals surface area (Å²) in [6, 6.07) is 0. The van der Waals surface area contributed by atoms with Gasteiger partial charge in [-0.1, -0.05) is 0 Å². The van der Waals surface area contributed by atoms with Gasteiger partial charge in [0.2, 0.25) is 0 Å². The van der Waals surface area contributed by atoms with Crippen LogP contribution < -0.4 is 4.74 Å². The summed E-state index contributed by atoms with van der Waals surface area (Å²) in [4.78, 5) is 19.5. The Bertz CT molecular complexity index is 532. The van der Waals surface area contributed by atoms with Gasteiger partial charge in [-0.05, 0) is 53.6 Å². The molecule has 4 nitrogen and oxygen atoms in total. The van der Waals surface area contributed by atoms with Crippen molar-refractivity contribution in [2.75, 3.05) is 20.2 Å². The molecule has 21 heavy (non-hydrogen) atoms. The van der Waals surface area contributed by atoms with Crippen molar-refractivity contribution in [1.29, 1.82) is 0 Å². The molecule has 1 aliphatic rings. The van der Waals surface area contributed by atoms with Crippen molar-refractivity contribution in [1.82, 2.24) is 9.88 Å². The summed E-state index contributed by atoms with van der Waals surface area (Å²) in [6.45, 7) is 10.0. The number of hydrogen-bond acceptors (Lipinski definition) is 4. The number of hydrogen-bond donors (Lipinski definition) is 0. The minimum absolute atomic E-state index is 0.228. The number of Topliss-reactive ketones (excluding diaryl/α,β-unsaturated/α-hetero) is 1. The molecule has 2 heterocycles. The number of aryl methyl sites for hydroxylation is 1. The molecule has 0 unspecified atom stereocenters. The molecule has 1 saturated heterocycles. The second-order valence-corrected chi connectivity index (χ2v) is 6.40. The summed E-state index contributed by atoms with van der Waals surface area (Å²) in [6.07, 6.45) is 4.53. The third-order valence-electron chi connectivity index (χ3n) is 4.66. The highest BCUT2D eigenvalue weighted by atomic mass is 16.5. The Kier molecular flexibility index (Phi) is 4.67. The topological polar surface area (TPSA) is 42.4 Å². The number of pyridine rings is 1. The van der Waals surface area contributed by atoms with E-state index in [2.05, 4.69) is 9.88 Å². The van der Waals surface area contributed by atoms with Crippen LogP contribution in [0.4, 0.5) is 0 Å². The molecule has 0 amide bonds. The van der Waals surface area contributed by atoms with E-state index in [-0.39, 0.29) is 5.78 Å². The molecule has 0 bridgehead atoms. The highest BCUT2D eigenvalue weighted by Crippen LogP contribution is 2.27. The van der Waals surface area contributed by atoms with Gasteiger partial charge in [0.1, 0.15) is 5.75 Å². The molecule has 0 atom stereocenters. The molecule has 0 saturated carbocycles. The van der Waals surface area contributed by atoms with Crippen LogP contribution in [-0.2, 0) is 11.2 Å². The summed E-state index contributed by atoms with van der Waals surface area (Å²) in [5, 5.41) is 0. The van der Waals surface area contributed by atoms with E-state index in [1.54, 1.807) is 13.3 Å². The van der Waals surface area contributed by atoms with Crippen LogP contribution in [0, 0.1) is 13.8 Å². The Labute approximate surface area is 127 Å². The predicted octanol–water partition coefficient (Wildman–Crippen LogP) is 2.69. The van der Waals surface area contributed by atoms with Gasteiger partial charge in [-0.3, -0.25) is 14.7 Å². The molecule has 0 spiro atoms. The summed E-state index contributed by atoms with van der Waals surface area (Å²) >= 11 is 0. The zero-order valence-corrected chi connectivity index (χ0v) is 13.8. The van der Waals surface area contributed by atoms with Crippen molar-refractivity contribution in [3.8, 4) is 5.75 Å². The third-order valence-corrected chi connectivity index (χ3v) is 4.66. The maximum Gasteiger partial charge on any atom is 0.158 e. The van der Waals surface area contributed by atoms with Crippen LogP contribution in [0.5, 0.6) is 5.75 Å². The van der Waals surface area contributed by atoms with E-state index >= 15 is 0 Å². The van der Waals surface area contributed by atoms with Gasteiger partial charge in [0.15, 0.2) is 5.78 Å². The molecule has 2 rings (SSSR count). The van der Waals surface area contributed by atoms with E-state index in [4.69, 9.17) is 4.74 Å². The van der Waals surface area contributed by atoms with Crippen LogP contribution in [-0.4, -0.2) is 41.4 Å². The maximum absolute atomic E-state index is 12.7. The first kappa shape index (κ1) is 16.0. The molecule has 0 aromatic carbocycles. The smallest absolute Gasteiger partial charge is 0.158 e. The number of likely N-dealkylation sites (tertiary alicyclic amines) is 1. The van der Waals surface area contributed by atoms with Gasteiger partial charge in [-0.2, -0.15) is 0 Å². The molecule has 116 valence electrons. The fourth-order valence-electron chi connectivity index (χ4n) is 3.07. The average molecular weight is 290 g/mol. The van der Waals surface area contributed by atoms with Gasteiger partial charge in [0.25, 0.3) is 0 Å². The average Bonchev–Trinajstić information content (AvgIpc) is 2.97. The first-order valence-corrected chi connectivity index (χ1v) is 7.65. The van der Waals surface area contributed by atoms with E-state index in [1.165, 1.54) is 12.8 Å². The highest BCUT2D eigenvalue weighted by molar-refractivity contribution is 5.89. The number of aromatic nitrogens is 1. The fraction of sp³-hybridized carbons (Fsp3) is 0.647. The molecule has 0 radical (unpaired) electrons. The standard InChI is InChI=1S/C17H26N2O2/c1-12-11-18-14(13(2)16(12)21-5)10-15(20)17(3,4)19-8-6-7-9-19/h11H,6-10H2,1-5H3. The Morgan fingerprint density at radius 3 is 2.52 bits per heavy atom. The maximum atomic E-state index is 12.7. The molecule has 0 aliphatic carbocycles. The van der Waals surface area contributed by atoms with Gasteiger partial charge >= 0.3 is 0 Å². The Morgan fingerprint density at radius 1 is 1.33 bits per heavy atom. The Hall–Kier alpha value is -1.42. The summed E-state index contributed by atoms with van der Waals surface area (Å²) < 4.78 is 5.42. The Balaban J connectivity index is 2.19. The van der Waals surface area contributed by atoms with Crippen LogP contribution in [0.25, 0.3) is 0 Å². The van der Waals surface area contributed by atoms with E-state index < -0.39 is 5.54 Å². The van der Waals surface area contributed by atoms with Crippen LogP contribution >= 0.6 is 0 Å². The van der Waals surface area contributed by atoms with Crippen molar-refractivity contribution in [2.24, 2.45) is 0 Å². The molecule has 0 N–H and O–H groups in total. The van der Waals surface area contributed by atoms with Gasteiger partial charge in [0.05, 0.1) is 24.8 Å². The molecule has 1 fully saturated rings. The number of methoxy groups -OCH3 is 1. The van der Waals surface area contributed by atoms with Gasteiger partial charge in [-0.25, -0.2) is 0 Å². The minimum atomic E-state index is -0.414. The fourth-order valence-corrected chi connectivity index (χ4v) is 3.07. The molecular formula is C17H26N2O2. The zero-order chi connectivity index (χ0) is 15.6. The Morgan fingerprint density at radius 2 is 1.95 bits per heavy atom. The van der Waals surface area contributed by atoms with Crippen molar-refractivity contribution in [2.45, 2.75) is 52.5 Å². The van der Waals surface area contributed by atoms with Crippen LogP contribution in [0.3, 0.4) is 0 Å². The molecular weight excluding hydrogens is 264 g/mol. The summed E-state index contributed by atoms with van der Waals surface area (Å²) in [5.41, 5.74) is 2.39. The van der Waals surface area contributed by atoms with E-state index in [0.717, 1.165) is 35.7 Å². The largest absolute Gasteiger partial charge is 0.496 e. The predicted molar refractivity (Wildman–Crippen MR) is 83.9 cm³/mol. The number of carbonyl (C=O) groups excluding carboxylic acids is 1. The molecule has 1 aromatic heterocycles. The van der Waals surface area contributed by atoms with Crippen molar-refractivity contribution < 1.29 is 9.53 Å².